The normalized spacial score (nSPS) is 11.6. The molecule has 0 radical (unpaired) electrons. The highest BCUT2D eigenvalue weighted by Gasteiger charge is 1.90. The topological polar surface area (TPSA) is 18.5 Å². The van der Waals surface area contributed by atoms with Gasteiger partial charge in [0.2, 0.25) is 0 Å². The Labute approximate surface area is 79.9 Å². The molecule has 0 N–H and O–H groups in total. The minimum atomic E-state index is 0.539. The van der Waals surface area contributed by atoms with Crippen LogP contribution in [0.1, 0.15) is 0 Å². The molecule has 0 saturated heterocycles. The summed E-state index contributed by atoms with van der Waals surface area (Å²) in [5, 5.41) is 0. The molecule has 0 saturated carbocycles. The van der Waals surface area contributed by atoms with Crippen molar-refractivity contribution in [3.05, 3.63) is 49.3 Å². The van der Waals surface area contributed by atoms with Crippen molar-refractivity contribution < 1.29 is 9.47 Å². The van der Waals surface area contributed by atoms with Gasteiger partial charge in [0.15, 0.2) is 0 Å². The van der Waals surface area contributed by atoms with E-state index in [0.717, 1.165) is 5.76 Å². The van der Waals surface area contributed by atoms with E-state index in [2.05, 4.69) is 13.2 Å². The van der Waals surface area contributed by atoms with Crippen molar-refractivity contribution in [2.45, 2.75) is 0 Å². The van der Waals surface area contributed by atoms with Gasteiger partial charge in [-0.05, 0) is 12.2 Å². The maximum absolute atomic E-state index is 5.36. The molecule has 0 aromatic heterocycles. The van der Waals surface area contributed by atoms with Crippen LogP contribution in [0.3, 0.4) is 0 Å². The van der Waals surface area contributed by atoms with Crippen LogP contribution in [-0.4, -0.2) is 20.3 Å². The summed E-state index contributed by atoms with van der Waals surface area (Å²) in [5.41, 5.74) is 0. The summed E-state index contributed by atoms with van der Waals surface area (Å²) in [6.07, 6.45) is 8.79. The van der Waals surface area contributed by atoms with Crippen molar-refractivity contribution in [1.82, 2.24) is 0 Å². The van der Waals surface area contributed by atoms with E-state index in [9.17, 15) is 0 Å². The van der Waals surface area contributed by atoms with Gasteiger partial charge in [-0.25, -0.2) is 0 Å². The first-order chi connectivity index (χ1) is 6.35. The Balaban J connectivity index is 3.95. The second kappa shape index (κ2) is 8.81. The molecule has 0 aromatic rings. The largest absolute Gasteiger partial charge is 0.491 e. The third-order valence-electron chi connectivity index (χ3n) is 1.23. The summed E-state index contributed by atoms with van der Waals surface area (Å²) < 4.78 is 10.2. The standard InChI is InChI=1S/C11H16O2/c1-4-6-8-11(7-5-2)13-10-9-12-3/h4-8H,1-2,9-10H2,3H3/b8-6-,11-7+. The van der Waals surface area contributed by atoms with E-state index >= 15 is 0 Å². The molecule has 72 valence electrons. The van der Waals surface area contributed by atoms with Gasteiger partial charge in [-0.2, -0.15) is 0 Å². The zero-order valence-electron chi connectivity index (χ0n) is 8.03. The molecule has 0 unspecified atom stereocenters. The van der Waals surface area contributed by atoms with Crippen LogP contribution in [0.15, 0.2) is 49.3 Å². The van der Waals surface area contributed by atoms with Gasteiger partial charge in [-0.1, -0.05) is 31.4 Å². The Hall–Kier alpha value is -1.28. The van der Waals surface area contributed by atoms with Crippen molar-refractivity contribution >= 4 is 0 Å². The maximum Gasteiger partial charge on any atom is 0.119 e. The Morgan fingerprint density at radius 2 is 2.00 bits per heavy atom. The quantitative estimate of drug-likeness (QED) is 0.340. The first-order valence-corrected chi connectivity index (χ1v) is 4.08. The summed E-state index contributed by atoms with van der Waals surface area (Å²) in [6, 6.07) is 0. The number of rotatable bonds is 7. The predicted molar refractivity (Wildman–Crippen MR) is 55.4 cm³/mol. The van der Waals surface area contributed by atoms with Gasteiger partial charge in [0.1, 0.15) is 12.4 Å². The Bertz CT molecular complexity index is 202. The van der Waals surface area contributed by atoms with Gasteiger partial charge in [0, 0.05) is 7.11 Å². The van der Waals surface area contributed by atoms with Crippen LogP contribution in [0.5, 0.6) is 0 Å². The summed E-state index contributed by atoms with van der Waals surface area (Å²) in [4.78, 5) is 0. The Morgan fingerprint density at radius 3 is 2.54 bits per heavy atom. The number of ether oxygens (including phenoxy) is 2. The SMILES string of the molecule is C=C/C=C\C(=C/C=C)OCCOC. The second-order valence-corrected chi connectivity index (χ2v) is 2.24. The molecule has 2 nitrogen and oxygen atoms in total. The summed E-state index contributed by atoms with van der Waals surface area (Å²) in [5.74, 6) is 0.756. The van der Waals surface area contributed by atoms with Crippen molar-refractivity contribution in [3.8, 4) is 0 Å². The average molecular weight is 180 g/mol. The maximum atomic E-state index is 5.36. The lowest BCUT2D eigenvalue weighted by Crippen LogP contribution is -2.00. The fourth-order valence-electron chi connectivity index (χ4n) is 0.674. The zero-order valence-corrected chi connectivity index (χ0v) is 8.03. The van der Waals surface area contributed by atoms with Gasteiger partial charge in [0.05, 0.1) is 6.61 Å². The van der Waals surface area contributed by atoms with Crippen molar-refractivity contribution in [2.24, 2.45) is 0 Å². The minimum absolute atomic E-state index is 0.539. The number of hydrogen-bond acceptors (Lipinski definition) is 2. The highest BCUT2D eigenvalue weighted by atomic mass is 16.5. The zero-order chi connectivity index (χ0) is 9.94. The number of methoxy groups -OCH3 is 1. The lowest BCUT2D eigenvalue weighted by Gasteiger charge is -2.04. The van der Waals surface area contributed by atoms with Crippen LogP contribution < -0.4 is 0 Å². The summed E-state index contributed by atoms with van der Waals surface area (Å²) in [7, 11) is 1.64. The van der Waals surface area contributed by atoms with E-state index < -0.39 is 0 Å². The van der Waals surface area contributed by atoms with Crippen LogP contribution in [0, 0.1) is 0 Å². The Morgan fingerprint density at radius 1 is 1.23 bits per heavy atom. The first-order valence-electron chi connectivity index (χ1n) is 4.08. The molecule has 0 spiro atoms. The molecule has 0 rings (SSSR count). The minimum Gasteiger partial charge on any atom is -0.491 e. The van der Waals surface area contributed by atoms with E-state index in [4.69, 9.17) is 9.47 Å². The molecule has 13 heavy (non-hydrogen) atoms. The summed E-state index contributed by atoms with van der Waals surface area (Å²) in [6.45, 7) is 8.28. The summed E-state index contributed by atoms with van der Waals surface area (Å²) >= 11 is 0. The van der Waals surface area contributed by atoms with Crippen molar-refractivity contribution in [1.29, 1.82) is 0 Å². The predicted octanol–water partition coefficient (Wildman–Crippen LogP) is 2.46. The van der Waals surface area contributed by atoms with E-state index in [1.54, 1.807) is 25.3 Å². The molecule has 0 fully saturated rings. The number of allylic oxidation sites excluding steroid dienone is 5. The molecule has 0 bridgehead atoms. The molecular formula is C11H16O2. The lowest BCUT2D eigenvalue weighted by molar-refractivity contribution is 0.114. The van der Waals surface area contributed by atoms with E-state index in [0.29, 0.717) is 13.2 Å². The van der Waals surface area contributed by atoms with Crippen molar-refractivity contribution in [3.63, 3.8) is 0 Å². The Kier molecular flexibility index (Phi) is 7.95. The lowest BCUT2D eigenvalue weighted by atomic mass is 10.4. The second-order valence-electron chi connectivity index (χ2n) is 2.24. The highest BCUT2D eigenvalue weighted by molar-refractivity contribution is 5.19. The van der Waals surface area contributed by atoms with Crippen LogP contribution in [0.25, 0.3) is 0 Å². The molecule has 0 aliphatic carbocycles. The third-order valence-corrected chi connectivity index (χ3v) is 1.23. The molecular weight excluding hydrogens is 164 g/mol. The third kappa shape index (κ3) is 7.09. The van der Waals surface area contributed by atoms with Gasteiger partial charge >= 0.3 is 0 Å². The van der Waals surface area contributed by atoms with Gasteiger partial charge in [-0.15, -0.1) is 0 Å². The van der Waals surface area contributed by atoms with Crippen LogP contribution >= 0.6 is 0 Å². The smallest absolute Gasteiger partial charge is 0.119 e. The van der Waals surface area contributed by atoms with Crippen LogP contribution in [0.4, 0.5) is 0 Å². The number of hydrogen-bond donors (Lipinski definition) is 0. The fourth-order valence-corrected chi connectivity index (χ4v) is 0.674. The van der Waals surface area contributed by atoms with Gasteiger partial charge in [-0.3, -0.25) is 0 Å². The van der Waals surface area contributed by atoms with Crippen LogP contribution in [-0.2, 0) is 9.47 Å². The molecule has 0 aliphatic heterocycles. The van der Waals surface area contributed by atoms with E-state index in [-0.39, 0.29) is 0 Å². The monoisotopic (exact) mass is 180 g/mol. The van der Waals surface area contributed by atoms with E-state index in [1.165, 1.54) is 0 Å². The average Bonchev–Trinajstić information content (AvgIpc) is 2.14. The highest BCUT2D eigenvalue weighted by Crippen LogP contribution is 1.99. The molecule has 0 heterocycles. The molecule has 0 aliphatic rings. The first kappa shape index (κ1) is 11.7. The fraction of sp³-hybridized carbons (Fsp3) is 0.273. The molecule has 0 amide bonds. The van der Waals surface area contributed by atoms with Crippen molar-refractivity contribution in [2.75, 3.05) is 20.3 Å². The molecule has 0 atom stereocenters. The molecule has 2 heteroatoms. The van der Waals surface area contributed by atoms with E-state index in [1.807, 2.05) is 12.2 Å². The molecule has 0 aromatic carbocycles. The van der Waals surface area contributed by atoms with Gasteiger partial charge < -0.3 is 9.47 Å². The van der Waals surface area contributed by atoms with Gasteiger partial charge in [0.25, 0.3) is 0 Å². The van der Waals surface area contributed by atoms with Crippen LogP contribution in [0.2, 0.25) is 0 Å².